The van der Waals surface area contributed by atoms with Crippen LogP contribution in [0.1, 0.15) is 30.7 Å². The molecule has 1 aromatic carbocycles. The number of amides is 2. The van der Waals surface area contributed by atoms with Crippen LogP contribution >= 0.6 is 0 Å². The number of nitrogens with one attached hydrogen (secondary N) is 1. The third kappa shape index (κ3) is 3.64. The van der Waals surface area contributed by atoms with Gasteiger partial charge >= 0.3 is 6.03 Å². The fraction of sp³-hybridized carbons (Fsp3) is 0.600. The molecule has 4 rings (SSSR count). The fourth-order valence-electron chi connectivity index (χ4n) is 4.06. The third-order valence-electron chi connectivity index (χ3n) is 5.86. The van der Waals surface area contributed by atoms with Gasteiger partial charge in [-0.1, -0.05) is 30.3 Å². The molecule has 5 nitrogen and oxygen atoms in total. The van der Waals surface area contributed by atoms with E-state index in [-0.39, 0.29) is 11.9 Å². The highest BCUT2D eigenvalue weighted by Crippen LogP contribution is 2.40. The minimum atomic E-state index is 0.133. The first-order chi connectivity index (χ1) is 12.2. The molecule has 0 spiro atoms. The van der Waals surface area contributed by atoms with Gasteiger partial charge in [-0.2, -0.15) is 5.26 Å². The van der Waals surface area contributed by atoms with Gasteiger partial charge in [0.05, 0.1) is 6.07 Å². The van der Waals surface area contributed by atoms with Gasteiger partial charge in [0.25, 0.3) is 0 Å². The Balaban J connectivity index is 1.14. The van der Waals surface area contributed by atoms with Crippen LogP contribution < -0.4 is 5.32 Å². The maximum atomic E-state index is 12.5. The van der Waals surface area contributed by atoms with Crippen LogP contribution in [0.4, 0.5) is 4.79 Å². The average Bonchev–Trinajstić information content (AvgIpc) is 3.40. The standard InChI is InChI=1S/C20H26N4O/c21-11-15-6-8-23(9-7-15)20(25)24-13-16(14-24)12-22-19-10-18(19)17-4-2-1-3-5-17/h1-5,15-16,18-19,22H,6-10,12-14H2/t18-,19+/m0/s1. The van der Waals surface area contributed by atoms with Gasteiger partial charge in [-0.05, 0) is 24.8 Å². The molecule has 2 atom stereocenters. The zero-order valence-electron chi connectivity index (χ0n) is 14.6. The summed E-state index contributed by atoms with van der Waals surface area (Å²) in [7, 11) is 0. The minimum Gasteiger partial charge on any atom is -0.325 e. The Labute approximate surface area is 149 Å². The number of rotatable bonds is 4. The molecular formula is C20H26N4O. The van der Waals surface area contributed by atoms with E-state index in [1.807, 2.05) is 9.80 Å². The molecule has 2 amide bonds. The van der Waals surface area contributed by atoms with Gasteiger partial charge in [0.1, 0.15) is 0 Å². The second-order valence-corrected chi connectivity index (χ2v) is 7.71. The molecule has 5 heteroatoms. The molecule has 1 aromatic rings. The quantitative estimate of drug-likeness (QED) is 0.917. The largest absolute Gasteiger partial charge is 0.325 e. The predicted octanol–water partition coefficient (Wildman–Crippen LogP) is 2.42. The zero-order valence-corrected chi connectivity index (χ0v) is 14.6. The number of urea groups is 1. The normalized spacial score (nSPS) is 26.8. The molecule has 132 valence electrons. The lowest BCUT2D eigenvalue weighted by Gasteiger charge is -2.43. The summed E-state index contributed by atoms with van der Waals surface area (Å²) in [6.45, 7) is 4.21. The highest BCUT2D eigenvalue weighted by molar-refractivity contribution is 5.75. The van der Waals surface area contributed by atoms with Crippen LogP contribution in [-0.4, -0.2) is 54.6 Å². The van der Waals surface area contributed by atoms with Crippen molar-refractivity contribution in [3.05, 3.63) is 35.9 Å². The summed E-state index contributed by atoms with van der Waals surface area (Å²) in [5.41, 5.74) is 1.44. The molecule has 0 radical (unpaired) electrons. The average molecular weight is 338 g/mol. The molecule has 2 heterocycles. The SMILES string of the molecule is N#CC1CCN(C(=O)N2CC(CN[C@@H]3C[C@H]3c3ccccc3)C2)CC1. The molecule has 3 aliphatic rings. The topological polar surface area (TPSA) is 59.4 Å². The van der Waals surface area contributed by atoms with Gasteiger partial charge in [0.15, 0.2) is 0 Å². The zero-order chi connectivity index (χ0) is 17.2. The monoisotopic (exact) mass is 338 g/mol. The van der Waals surface area contributed by atoms with Crippen molar-refractivity contribution in [2.75, 3.05) is 32.7 Å². The summed E-state index contributed by atoms with van der Waals surface area (Å²) in [4.78, 5) is 16.3. The Bertz CT molecular complexity index is 641. The summed E-state index contributed by atoms with van der Waals surface area (Å²) >= 11 is 0. The predicted molar refractivity (Wildman–Crippen MR) is 96.0 cm³/mol. The minimum absolute atomic E-state index is 0.133. The highest BCUT2D eigenvalue weighted by atomic mass is 16.2. The Morgan fingerprint density at radius 1 is 1.16 bits per heavy atom. The van der Waals surface area contributed by atoms with Gasteiger partial charge in [0.2, 0.25) is 0 Å². The maximum Gasteiger partial charge on any atom is 0.320 e. The first kappa shape index (κ1) is 16.4. The Morgan fingerprint density at radius 3 is 2.56 bits per heavy atom. The highest BCUT2D eigenvalue weighted by Gasteiger charge is 2.40. The number of piperidine rings is 1. The number of likely N-dealkylation sites (tertiary alicyclic amines) is 2. The van der Waals surface area contributed by atoms with Gasteiger partial charge in [-0.3, -0.25) is 0 Å². The molecule has 3 fully saturated rings. The lowest BCUT2D eigenvalue weighted by Crippen LogP contribution is -2.58. The molecule has 0 aromatic heterocycles. The van der Waals surface area contributed by atoms with Crippen molar-refractivity contribution in [2.24, 2.45) is 11.8 Å². The number of nitriles is 1. The molecule has 1 N–H and O–H groups in total. The molecular weight excluding hydrogens is 312 g/mol. The van der Waals surface area contributed by atoms with E-state index >= 15 is 0 Å². The fourth-order valence-corrected chi connectivity index (χ4v) is 4.06. The van der Waals surface area contributed by atoms with Crippen molar-refractivity contribution in [3.8, 4) is 6.07 Å². The molecule has 1 aliphatic carbocycles. The van der Waals surface area contributed by atoms with Gasteiger partial charge in [-0.25, -0.2) is 4.79 Å². The Morgan fingerprint density at radius 2 is 1.88 bits per heavy atom. The smallest absolute Gasteiger partial charge is 0.320 e. The van der Waals surface area contributed by atoms with Crippen molar-refractivity contribution < 1.29 is 4.79 Å². The third-order valence-corrected chi connectivity index (χ3v) is 5.86. The van der Waals surface area contributed by atoms with Crippen LogP contribution in [0.3, 0.4) is 0 Å². The molecule has 0 unspecified atom stereocenters. The van der Waals surface area contributed by atoms with Crippen LogP contribution in [0, 0.1) is 23.2 Å². The molecule has 2 saturated heterocycles. The molecule has 1 saturated carbocycles. The van der Waals surface area contributed by atoms with Crippen molar-refractivity contribution >= 4 is 6.03 Å². The first-order valence-corrected chi connectivity index (χ1v) is 9.46. The maximum absolute atomic E-state index is 12.5. The van der Waals surface area contributed by atoms with Crippen molar-refractivity contribution in [3.63, 3.8) is 0 Å². The lowest BCUT2D eigenvalue weighted by atomic mass is 9.97. The van der Waals surface area contributed by atoms with E-state index in [4.69, 9.17) is 5.26 Å². The summed E-state index contributed by atoms with van der Waals surface area (Å²) in [6, 6.07) is 13.8. The summed E-state index contributed by atoms with van der Waals surface area (Å²) in [5.74, 6) is 1.38. The number of carbonyl (C=O) groups is 1. The second kappa shape index (κ2) is 7.05. The number of nitrogens with zero attached hydrogens (tertiary/aromatic N) is 3. The van der Waals surface area contributed by atoms with Crippen molar-refractivity contribution in [1.82, 2.24) is 15.1 Å². The van der Waals surface area contributed by atoms with Gasteiger partial charge < -0.3 is 15.1 Å². The van der Waals surface area contributed by atoms with Crippen molar-refractivity contribution in [2.45, 2.75) is 31.2 Å². The number of hydrogen-bond donors (Lipinski definition) is 1. The van der Waals surface area contributed by atoms with E-state index in [1.165, 1.54) is 12.0 Å². The number of carbonyl (C=O) groups excluding carboxylic acids is 1. The van der Waals surface area contributed by atoms with E-state index in [1.54, 1.807) is 0 Å². The van der Waals surface area contributed by atoms with Crippen LogP contribution in [0.25, 0.3) is 0 Å². The summed E-state index contributed by atoms with van der Waals surface area (Å²) in [5, 5.41) is 12.6. The lowest BCUT2D eigenvalue weighted by molar-refractivity contribution is 0.0821. The van der Waals surface area contributed by atoms with Gasteiger partial charge in [-0.15, -0.1) is 0 Å². The van der Waals surface area contributed by atoms with E-state index < -0.39 is 0 Å². The van der Waals surface area contributed by atoms with Crippen LogP contribution in [0.5, 0.6) is 0 Å². The van der Waals surface area contributed by atoms with E-state index in [2.05, 4.69) is 41.7 Å². The first-order valence-electron chi connectivity index (χ1n) is 9.46. The van der Waals surface area contributed by atoms with Crippen molar-refractivity contribution in [1.29, 1.82) is 5.26 Å². The molecule has 25 heavy (non-hydrogen) atoms. The summed E-state index contributed by atoms with van der Waals surface area (Å²) < 4.78 is 0. The van der Waals surface area contributed by atoms with E-state index in [0.717, 1.165) is 45.6 Å². The van der Waals surface area contributed by atoms with E-state index in [9.17, 15) is 4.79 Å². The Hall–Kier alpha value is -2.06. The van der Waals surface area contributed by atoms with Crippen LogP contribution in [0.15, 0.2) is 30.3 Å². The van der Waals surface area contributed by atoms with E-state index in [0.29, 0.717) is 17.9 Å². The van der Waals surface area contributed by atoms with Crippen LogP contribution in [0.2, 0.25) is 0 Å². The van der Waals surface area contributed by atoms with Gasteiger partial charge in [0, 0.05) is 56.5 Å². The second-order valence-electron chi connectivity index (χ2n) is 7.71. The molecule has 2 aliphatic heterocycles. The Kier molecular flexibility index (Phi) is 4.63. The number of hydrogen-bond acceptors (Lipinski definition) is 3. The van der Waals surface area contributed by atoms with Crippen LogP contribution in [-0.2, 0) is 0 Å². The number of benzene rings is 1. The summed E-state index contributed by atoms with van der Waals surface area (Å²) in [6.07, 6.45) is 2.88. The molecule has 0 bridgehead atoms.